The lowest BCUT2D eigenvalue weighted by atomic mass is 9.77. The van der Waals surface area contributed by atoms with Gasteiger partial charge in [0.05, 0.1) is 7.11 Å². The second kappa shape index (κ2) is 12.0. The minimum Gasteiger partial charge on any atom is -0.493 e. The van der Waals surface area contributed by atoms with E-state index in [0.29, 0.717) is 18.4 Å². The first-order chi connectivity index (χ1) is 18.7. The Hall–Kier alpha value is -4.34. The van der Waals surface area contributed by atoms with Crippen molar-refractivity contribution in [2.45, 2.75) is 51.2 Å². The van der Waals surface area contributed by atoms with Crippen LogP contribution in [0.2, 0.25) is 0 Å². The summed E-state index contributed by atoms with van der Waals surface area (Å²) in [6.07, 6.45) is 1.61. The first-order valence-corrected chi connectivity index (χ1v) is 12.5. The summed E-state index contributed by atoms with van der Waals surface area (Å²) in [4.78, 5) is 42.1. The van der Waals surface area contributed by atoms with Crippen LogP contribution in [0.5, 0.6) is 11.5 Å². The summed E-state index contributed by atoms with van der Waals surface area (Å²) >= 11 is 0. The fraction of sp³-hybridized carbons (Fsp3) is 0.310. The van der Waals surface area contributed by atoms with E-state index in [9.17, 15) is 23.2 Å². The highest BCUT2D eigenvalue weighted by Crippen LogP contribution is 2.39. The summed E-state index contributed by atoms with van der Waals surface area (Å²) < 4.78 is 43.8. The maximum atomic E-state index is 13.9. The van der Waals surface area contributed by atoms with Crippen molar-refractivity contribution in [2.75, 3.05) is 7.11 Å². The van der Waals surface area contributed by atoms with Gasteiger partial charge in [-0.25, -0.2) is 18.6 Å². The Balaban J connectivity index is 1.54. The number of carbonyl (C=O) groups is 3. The molecule has 0 unspecified atom stereocenters. The Bertz CT molecular complexity index is 1380. The molecule has 1 aromatic heterocycles. The Kier molecular flexibility index (Phi) is 8.53. The van der Waals surface area contributed by atoms with Gasteiger partial charge in [0.1, 0.15) is 23.8 Å². The zero-order valence-electron chi connectivity index (χ0n) is 21.7. The van der Waals surface area contributed by atoms with Crippen molar-refractivity contribution >= 4 is 17.8 Å². The number of hydrogen-bond donors (Lipinski definition) is 1. The van der Waals surface area contributed by atoms with Crippen LogP contribution in [0, 0.1) is 11.6 Å². The normalized spacial score (nSPS) is 16.9. The van der Waals surface area contributed by atoms with Crippen molar-refractivity contribution < 1.29 is 37.4 Å². The summed E-state index contributed by atoms with van der Waals surface area (Å²) in [5.41, 5.74) is 2.05. The maximum absolute atomic E-state index is 13.9. The summed E-state index contributed by atoms with van der Waals surface area (Å²) in [6, 6.07) is 10.6. The second-order valence-corrected chi connectivity index (χ2v) is 9.10. The van der Waals surface area contributed by atoms with Gasteiger partial charge in [0, 0.05) is 24.6 Å². The molecule has 39 heavy (non-hydrogen) atoms. The van der Waals surface area contributed by atoms with E-state index in [0.717, 1.165) is 11.1 Å². The number of benzene rings is 2. The van der Waals surface area contributed by atoms with Crippen LogP contribution in [0.25, 0.3) is 0 Å². The van der Waals surface area contributed by atoms with Crippen LogP contribution in [0.4, 0.5) is 8.78 Å². The third-order valence-corrected chi connectivity index (χ3v) is 6.52. The van der Waals surface area contributed by atoms with Gasteiger partial charge in [0.2, 0.25) is 5.75 Å². The molecule has 1 heterocycles. The summed E-state index contributed by atoms with van der Waals surface area (Å²) in [5, 5.41) is 2.54. The van der Waals surface area contributed by atoms with E-state index in [-0.39, 0.29) is 29.4 Å². The molecule has 0 saturated carbocycles. The Morgan fingerprint density at radius 2 is 1.79 bits per heavy atom. The number of aromatic nitrogens is 1. The number of halogens is 2. The van der Waals surface area contributed by atoms with E-state index < -0.39 is 41.7 Å². The van der Waals surface area contributed by atoms with E-state index in [1.807, 2.05) is 0 Å². The van der Waals surface area contributed by atoms with Gasteiger partial charge in [-0.05, 0) is 60.7 Å². The summed E-state index contributed by atoms with van der Waals surface area (Å²) in [6.45, 7) is 3.06. The smallest absolute Gasteiger partial charge is 0.328 e. The molecule has 10 heteroatoms. The number of pyridine rings is 1. The minimum atomic E-state index is -1.09. The van der Waals surface area contributed by atoms with Gasteiger partial charge in [0.15, 0.2) is 11.4 Å². The number of nitrogens with zero attached hydrogens (tertiary/aromatic N) is 1. The molecular weight excluding hydrogens is 510 g/mol. The molecule has 0 aliphatic heterocycles. The summed E-state index contributed by atoms with van der Waals surface area (Å²) in [5.74, 6) is -3.32. The van der Waals surface area contributed by atoms with Gasteiger partial charge >= 0.3 is 11.9 Å². The lowest BCUT2D eigenvalue weighted by Crippen LogP contribution is -2.43. The van der Waals surface area contributed by atoms with Gasteiger partial charge < -0.3 is 19.5 Å². The minimum absolute atomic E-state index is 0.0637. The highest BCUT2D eigenvalue weighted by atomic mass is 19.1. The van der Waals surface area contributed by atoms with Crippen LogP contribution in [-0.2, 0) is 20.7 Å². The second-order valence-electron chi connectivity index (χ2n) is 9.10. The molecule has 1 N–H and O–H groups in total. The molecule has 4 rings (SSSR count). The Morgan fingerprint density at radius 3 is 2.49 bits per heavy atom. The zero-order valence-corrected chi connectivity index (χ0v) is 21.7. The van der Waals surface area contributed by atoms with Crippen LogP contribution >= 0.6 is 0 Å². The quantitative estimate of drug-likeness (QED) is 0.422. The first-order valence-electron chi connectivity index (χ1n) is 12.5. The lowest BCUT2D eigenvalue weighted by molar-refractivity contribution is -0.152. The average molecular weight is 539 g/mol. The average Bonchev–Trinajstić information content (AvgIpc) is 2.93. The molecule has 0 saturated heterocycles. The molecule has 1 aliphatic carbocycles. The van der Waals surface area contributed by atoms with E-state index in [1.165, 1.54) is 50.6 Å². The molecule has 1 amide bonds. The highest BCUT2D eigenvalue weighted by molar-refractivity contribution is 5.98. The Morgan fingerprint density at radius 1 is 1.08 bits per heavy atom. The van der Waals surface area contributed by atoms with Crippen molar-refractivity contribution in [3.8, 4) is 11.5 Å². The number of carbonyl (C=O) groups excluding carboxylic acids is 3. The monoisotopic (exact) mass is 538 g/mol. The topological polar surface area (TPSA) is 104 Å². The lowest BCUT2D eigenvalue weighted by Gasteiger charge is -2.34. The maximum Gasteiger partial charge on any atom is 0.328 e. The number of nitrogens with one attached hydrogen (secondary N) is 1. The van der Waals surface area contributed by atoms with Crippen molar-refractivity contribution in [1.29, 1.82) is 0 Å². The molecule has 204 valence electrons. The van der Waals surface area contributed by atoms with Gasteiger partial charge in [-0.1, -0.05) is 25.1 Å². The van der Waals surface area contributed by atoms with Crippen molar-refractivity contribution in [3.05, 3.63) is 88.7 Å². The van der Waals surface area contributed by atoms with Gasteiger partial charge in [-0.3, -0.25) is 9.59 Å². The van der Waals surface area contributed by atoms with E-state index in [4.69, 9.17) is 14.2 Å². The Labute approximate surface area is 224 Å². The molecule has 3 aromatic rings. The van der Waals surface area contributed by atoms with Gasteiger partial charge in [0.25, 0.3) is 5.91 Å². The molecule has 0 radical (unpaired) electrons. The largest absolute Gasteiger partial charge is 0.493 e. The molecule has 1 aliphatic rings. The molecule has 0 spiro atoms. The van der Waals surface area contributed by atoms with Gasteiger partial charge in [-0.2, -0.15) is 0 Å². The molecule has 0 bridgehead atoms. The zero-order chi connectivity index (χ0) is 28.1. The number of methoxy groups -OCH3 is 1. The molecule has 2 aromatic carbocycles. The van der Waals surface area contributed by atoms with Crippen molar-refractivity contribution in [2.24, 2.45) is 0 Å². The fourth-order valence-electron chi connectivity index (χ4n) is 4.56. The van der Waals surface area contributed by atoms with Crippen molar-refractivity contribution in [1.82, 2.24) is 10.3 Å². The van der Waals surface area contributed by atoms with Crippen LogP contribution < -0.4 is 14.8 Å². The van der Waals surface area contributed by atoms with Crippen LogP contribution in [0.1, 0.15) is 59.8 Å². The number of rotatable bonds is 8. The third kappa shape index (κ3) is 6.22. The summed E-state index contributed by atoms with van der Waals surface area (Å²) in [7, 11) is 1.36. The number of fused-ring (bicyclic) bond motifs is 1. The molecule has 3 atom stereocenters. The fourth-order valence-corrected chi connectivity index (χ4v) is 4.56. The van der Waals surface area contributed by atoms with Crippen LogP contribution in [0.3, 0.4) is 0 Å². The van der Waals surface area contributed by atoms with Gasteiger partial charge in [-0.15, -0.1) is 0 Å². The number of ether oxygens (including phenoxy) is 3. The van der Waals surface area contributed by atoms with E-state index in [1.54, 1.807) is 25.1 Å². The standard InChI is InChI=1S/C29H28F2N2O6/c1-4-24(34)39-27-23(37-3)13-14-32-26(27)28(35)33-16(2)29(36)38-22-12-7-18-15-20(31)10-11-21(18)25(22)17-5-8-19(30)9-6-17/h5-6,8-11,13-16,22,25H,4,7,12H2,1-3H3,(H,33,35)/t16-,22+,25+/m0/s1. The molecule has 0 fully saturated rings. The van der Waals surface area contributed by atoms with Crippen LogP contribution in [0.15, 0.2) is 54.7 Å². The number of esters is 2. The van der Waals surface area contributed by atoms with E-state index >= 15 is 0 Å². The number of amides is 1. The third-order valence-electron chi connectivity index (χ3n) is 6.52. The number of hydrogen-bond acceptors (Lipinski definition) is 7. The van der Waals surface area contributed by atoms with Crippen molar-refractivity contribution in [3.63, 3.8) is 0 Å². The molecular formula is C29H28F2N2O6. The predicted molar refractivity (Wildman–Crippen MR) is 136 cm³/mol. The van der Waals surface area contributed by atoms with E-state index in [2.05, 4.69) is 10.3 Å². The highest BCUT2D eigenvalue weighted by Gasteiger charge is 2.35. The SMILES string of the molecule is CCC(=O)Oc1c(OC)ccnc1C(=O)N[C@@H](C)C(=O)O[C@@H]1CCc2cc(F)ccc2[C@H]1c1ccc(F)cc1. The van der Waals surface area contributed by atoms with Crippen LogP contribution in [-0.4, -0.2) is 42.1 Å². The number of aryl methyl sites for hydroxylation is 1. The first kappa shape index (κ1) is 27.7. The molecule has 8 nitrogen and oxygen atoms in total. The predicted octanol–water partition coefficient (Wildman–Crippen LogP) is 4.49.